The third kappa shape index (κ3) is 4.45. The number of unbranched alkanes of at least 4 members (excludes halogenated alkanes) is 1. The molecular weight excluding hydrogens is 158 g/mol. The summed E-state index contributed by atoms with van der Waals surface area (Å²) < 4.78 is 4.46. The number of hydrogen-bond donors (Lipinski definition) is 0. The van der Waals surface area contributed by atoms with Crippen LogP contribution < -0.4 is 0 Å². The first-order valence-electron chi connectivity index (χ1n) is 3.79. The van der Waals surface area contributed by atoms with E-state index in [2.05, 4.69) is 4.74 Å². The van der Waals surface area contributed by atoms with Crippen molar-refractivity contribution in [2.24, 2.45) is 0 Å². The molecule has 0 spiro atoms. The largest absolute Gasteiger partial charge is 0.460 e. The summed E-state index contributed by atoms with van der Waals surface area (Å²) in [4.78, 5) is 21.5. The lowest BCUT2D eigenvalue weighted by Gasteiger charge is -1.98. The smallest absolute Gasteiger partial charge is 0.374 e. The second-order valence-corrected chi connectivity index (χ2v) is 2.16. The van der Waals surface area contributed by atoms with Crippen molar-refractivity contribution >= 4 is 11.8 Å². The number of esters is 1. The molecule has 66 valence electrons. The topological polar surface area (TPSA) is 67.2 Å². The van der Waals surface area contributed by atoms with Gasteiger partial charge in [-0.05, 0) is 13.3 Å². The maximum absolute atomic E-state index is 10.8. The zero-order valence-electron chi connectivity index (χ0n) is 7.00. The molecule has 0 bridgehead atoms. The van der Waals surface area contributed by atoms with Crippen LogP contribution in [0.1, 0.15) is 26.2 Å². The lowest BCUT2D eigenvalue weighted by molar-refractivity contribution is -0.153. The standard InChI is InChI=1S/C8H11NO3/c1-2-12-8(11)7(10)5-3-4-6-9/h2-5H2,1H3. The highest BCUT2D eigenvalue weighted by atomic mass is 16.5. The molecule has 0 aliphatic carbocycles. The van der Waals surface area contributed by atoms with Crippen LogP contribution in [0.3, 0.4) is 0 Å². The fourth-order valence-corrected chi connectivity index (χ4v) is 0.642. The average Bonchev–Trinajstić information content (AvgIpc) is 2.05. The van der Waals surface area contributed by atoms with Gasteiger partial charge in [0.2, 0.25) is 5.78 Å². The van der Waals surface area contributed by atoms with Crippen LogP contribution in [0.4, 0.5) is 0 Å². The summed E-state index contributed by atoms with van der Waals surface area (Å²) in [6, 6.07) is 1.89. The van der Waals surface area contributed by atoms with Gasteiger partial charge in [-0.25, -0.2) is 4.79 Å². The quantitative estimate of drug-likeness (QED) is 0.347. The fraction of sp³-hybridized carbons (Fsp3) is 0.625. The Bertz CT molecular complexity index is 205. The van der Waals surface area contributed by atoms with Crippen molar-refractivity contribution in [3.8, 4) is 6.07 Å². The fourth-order valence-electron chi connectivity index (χ4n) is 0.642. The highest BCUT2D eigenvalue weighted by Crippen LogP contribution is 1.96. The second-order valence-electron chi connectivity index (χ2n) is 2.16. The van der Waals surface area contributed by atoms with Gasteiger partial charge in [0.05, 0.1) is 12.7 Å². The van der Waals surface area contributed by atoms with Gasteiger partial charge >= 0.3 is 5.97 Å². The molecule has 0 rings (SSSR count). The zero-order valence-corrected chi connectivity index (χ0v) is 7.00. The minimum absolute atomic E-state index is 0.104. The van der Waals surface area contributed by atoms with Crippen molar-refractivity contribution < 1.29 is 14.3 Å². The van der Waals surface area contributed by atoms with Gasteiger partial charge in [-0.15, -0.1) is 0 Å². The van der Waals surface area contributed by atoms with Gasteiger partial charge in [0.15, 0.2) is 0 Å². The molecule has 4 nitrogen and oxygen atoms in total. The number of carbonyl (C=O) groups excluding carboxylic acids is 2. The molecule has 0 heterocycles. The van der Waals surface area contributed by atoms with Crippen LogP contribution in [-0.4, -0.2) is 18.4 Å². The summed E-state index contributed by atoms with van der Waals surface area (Å²) in [5.74, 6) is -1.34. The molecule has 0 N–H and O–H groups in total. The molecule has 0 saturated carbocycles. The van der Waals surface area contributed by atoms with Crippen LogP contribution >= 0.6 is 0 Å². The number of ketones is 1. The van der Waals surface area contributed by atoms with E-state index in [0.29, 0.717) is 12.8 Å². The molecule has 0 aromatic heterocycles. The summed E-state index contributed by atoms with van der Waals surface area (Å²) in [6.45, 7) is 1.85. The predicted molar refractivity (Wildman–Crippen MR) is 41.1 cm³/mol. The van der Waals surface area contributed by atoms with E-state index < -0.39 is 11.8 Å². The van der Waals surface area contributed by atoms with Crippen LogP contribution in [-0.2, 0) is 14.3 Å². The monoisotopic (exact) mass is 169 g/mol. The molecule has 0 atom stereocenters. The average molecular weight is 169 g/mol. The highest BCUT2D eigenvalue weighted by molar-refractivity contribution is 6.33. The van der Waals surface area contributed by atoms with Gasteiger partial charge in [-0.1, -0.05) is 0 Å². The molecule has 0 aromatic rings. The predicted octanol–water partition coefficient (Wildman–Crippen LogP) is 0.812. The molecule has 0 radical (unpaired) electrons. The van der Waals surface area contributed by atoms with Gasteiger partial charge in [0, 0.05) is 12.8 Å². The van der Waals surface area contributed by atoms with Crippen molar-refractivity contribution in [1.82, 2.24) is 0 Å². The number of carbonyl (C=O) groups is 2. The Balaban J connectivity index is 3.59. The Kier molecular flexibility index (Phi) is 5.62. The third-order valence-corrected chi connectivity index (χ3v) is 1.20. The number of nitrogens with zero attached hydrogens (tertiary/aromatic N) is 1. The van der Waals surface area contributed by atoms with E-state index in [1.807, 2.05) is 6.07 Å². The van der Waals surface area contributed by atoms with E-state index in [-0.39, 0.29) is 13.0 Å². The van der Waals surface area contributed by atoms with Crippen molar-refractivity contribution in [3.05, 3.63) is 0 Å². The van der Waals surface area contributed by atoms with Crippen LogP contribution in [0, 0.1) is 11.3 Å². The maximum atomic E-state index is 10.8. The lowest BCUT2D eigenvalue weighted by atomic mass is 10.2. The first-order chi connectivity index (χ1) is 5.72. The van der Waals surface area contributed by atoms with Gasteiger partial charge < -0.3 is 4.74 Å². The van der Waals surface area contributed by atoms with Crippen molar-refractivity contribution in [3.63, 3.8) is 0 Å². The summed E-state index contributed by atoms with van der Waals surface area (Å²) in [5.41, 5.74) is 0. The molecule has 0 fully saturated rings. The van der Waals surface area contributed by atoms with Crippen LogP contribution in [0.5, 0.6) is 0 Å². The summed E-state index contributed by atoms with van der Waals surface area (Å²) >= 11 is 0. The van der Waals surface area contributed by atoms with E-state index in [0.717, 1.165) is 0 Å². The Morgan fingerprint density at radius 1 is 1.50 bits per heavy atom. The SMILES string of the molecule is CCOC(=O)C(=O)CCCC#N. The zero-order chi connectivity index (χ0) is 9.40. The van der Waals surface area contributed by atoms with E-state index in [9.17, 15) is 9.59 Å². The first-order valence-corrected chi connectivity index (χ1v) is 3.79. The summed E-state index contributed by atoms with van der Waals surface area (Å²) in [5, 5.41) is 8.14. The summed E-state index contributed by atoms with van der Waals surface area (Å²) in [7, 11) is 0. The van der Waals surface area contributed by atoms with E-state index in [4.69, 9.17) is 5.26 Å². The van der Waals surface area contributed by atoms with Crippen molar-refractivity contribution in [2.45, 2.75) is 26.2 Å². The third-order valence-electron chi connectivity index (χ3n) is 1.20. The second kappa shape index (κ2) is 6.35. The van der Waals surface area contributed by atoms with Crippen molar-refractivity contribution in [2.75, 3.05) is 6.61 Å². The van der Waals surface area contributed by atoms with Gasteiger partial charge in [0.1, 0.15) is 0 Å². The molecule has 0 saturated heterocycles. The molecular formula is C8H11NO3. The molecule has 0 aromatic carbocycles. The highest BCUT2D eigenvalue weighted by Gasteiger charge is 2.13. The minimum Gasteiger partial charge on any atom is -0.460 e. The molecule has 0 unspecified atom stereocenters. The van der Waals surface area contributed by atoms with Crippen LogP contribution in [0.15, 0.2) is 0 Å². The number of nitriles is 1. The van der Waals surface area contributed by atoms with Gasteiger partial charge in [-0.3, -0.25) is 4.79 Å². The number of hydrogen-bond acceptors (Lipinski definition) is 4. The maximum Gasteiger partial charge on any atom is 0.374 e. The Morgan fingerprint density at radius 2 is 2.17 bits per heavy atom. The molecule has 12 heavy (non-hydrogen) atoms. The minimum atomic E-state index is -0.796. The Hall–Kier alpha value is -1.37. The molecule has 4 heteroatoms. The van der Waals surface area contributed by atoms with E-state index >= 15 is 0 Å². The van der Waals surface area contributed by atoms with Crippen LogP contribution in [0.2, 0.25) is 0 Å². The van der Waals surface area contributed by atoms with Gasteiger partial charge in [-0.2, -0.15) is 5.26 Å². The number of Topliss-reactive ketones (excluding diaryl/α,β-unsaturated/α-hetero) is 1. The van der Waals surface area contributed by atoms with Crippen molar-refractivity contribution in [1.29, 1.82) is 5.26 Å². The molecule has 0 aliphatic rings. The molecule has 0 aliphatic heterocycles. The Labute approximate surface area is 71.1 Å². The number of rotatable bonds is 5. The lowest BCUT2D eigenvalue weighted by Crippen LogP contribution is -2.16. The van der Waals surface area contributed by atoms with E-state index in [1.54, 1.807) is 6.92 Å². The normalized spacial score (nSPS) is 8.67. The van der Waals surface area contributed by atoms with Crippen LogP contribution in [0.25, 0.3) is 0 Å². The Morgan fingerprint density at radius 3 is 2.67 bits per heavy atom. The summed E-state index contributed by atoms with van der Waals surface area (Å²) in [6.07, 6.45) is 0.825. The first kappa shape index (κ1) is 10.6. The number of ether oxygens (including phenoxy) is 1. The van der Waals surface area contributed by atoms with Gasteiger partial charge in [0.25, 0.3) is 0 Å². The van der Waals surface area contributed by atoms with E-state index in [1.165, 1.54) is 0 Å². The molecule has 0 amide bonds.